The Balaban J connectivity index is 3.01. The highest BCUT2D eigenvalue weighted by atomic mass is 79.9. The quantitative estimate of drug-likeness (QED) is 0.599. The van der Waals surface area contributed by atoms with E-state index in [1.807, 2.05) is 18.2 Å². The molecule has 70 valence electrons. The molecule has 1 nitrogen and oxygen atoms in total. The normalized spacial score (nSPS) is 9.77. The molecule has 4 heteroatoms. The molecule has 1 aromatic carbocycles. The second kappa shape index (κ2) is 4.94. The van der Waals surface area contributed by atoms with Crippen LogP contribution in [0.4, 0.5) is 0 Å². The number of hydrogen-bond donors (Lipinski definition) is 0. The van der Waals surface area contributed by atoms with Gasteiger partial charge >= 0.3 is 0 Å². The summed E-state index contributed by atoms with van der Waals surface area (Å²) in [6, 6.07) is 5.75. The maximum atomic E-state index is 5.47. The van der Waals surface area contributed by atoms with E-state index >= 15 is 0 Å². The molecule has 1 rings (SSSR count). The first kappa shape index (κ1) is 11.0. The van der Waals surface area contributed by atoms with E-state index in [4.69, 9.17) is 16.3 Å². The summed E-state index contributed by atoms with van der Waals surface area (Å²) < 4.78 is 6.06. The van der Waals surface area contributed by atoms with Crippen LogP contribution in [0.2, 0.25) is 0 Å². The van der Waals surface area contributed by atoms with Crippen molar-refractivity contribution in [2.75, 3.05) is 0 Å². The summed E-state index contributed by atoms with van der Waals surface area (Å²) in [5.41, 5.74) is 1.17. The second-order valence-electron chi connectivity index (χ2n) is 2.42. The van der Waals surface area contributed by atoms with Crippen LogP contribution in [-0.2, 0) is 6.42 Å². The fraction of sp³-hybridized carbons (Fsp3) is 0.222. The molecule has 0 aliphatic rings. The number of aryl methyl sites for hydroxylation is 1. The number of thiocarbonyl (C=S) groups is 1. The third-order valence-electron chi connectivity index (χ3n) is 1.61. The lowest BCUT2D eigenvalue weighted by molar-refractivity contribution is 0.572. The minimum atomic E-state index is 0.00829. The van der Waals surface area contributed by atoms with Gasteiger partial charge in [-0.3, -0.25) is 0 Å². The van der Waals surface area contributed by atoms with Gasteiger partial charge in [-0.2, -0.15) is 0 Å². The zero-order chi connectivity index (χ0) is 9.84. The summed E-state index contributed by atoms with van der Waals surface area (Å²) in [4.78, 5) is 0. The predicted octanol–water partition coefficient (Wildman–Crippen LogP) is 3.91. The molecule has 0 saturated carbocycles. The first-order valence-corrected chi connectivity index (χ1v) is 5.37. The number of ether oxygens (including phenoxy) is 1. The minimum Gasteiger partial charge on any atom is -0.435 e. The lowest BCUT2D eigenvalue weighted by atomic mass is 10.2. The van der Waals surface area contributed by atoms with Crippen molar-refractivity contribution in [3.63, 3.8) is 0 Å². The summed E-state index contributed by atoms with van der Waals surface area (Å²) in [5.74, 6) is 0.666. The molecule has 0 bridgehead atoms. The highest BCUT2D eigenvalue weighted by Gasteiger charge is 2.06. The lowest BCUT2D eigenvalue weighted by Crippen LogP contribution is -1.97. The van der Waals surface area contributed by atoms with Gasteiger partial charge < -0.3 is 4.74 Å². The van der Waals surface area contributed by atoms with Gasteiger partial charge in [-0.05, 0) is 57.8 Å². The van der Waals surface area contributed by atoms with Crippen molar-refractivity contribution in [1.29, 1.82) is 0 Å². The number of halogens is 2. The molecule has 0 aliphatic carbocycles. The minimum absolute atomic E-state index is 0.00829. The summed E-state index contributed by atoms with van der Waals surface area (Å²) in [6.45, 7) is 2.07. The Morgan fingerprint density at radius 3 is 2.85 bits per heavy atom. The third kappa shape index (κ3) is 2.93. The topological polar surface area (TPSA) is 9.23 Å². The number of hydrogen-bond acceptors (Lipinski definition) is 2. The Morgan fingerprint density at radius 1 is 1.62 bits per heavy atom. The molecule has 13 heavy (non-hydrogen) atoms. The Hall–Kier alpha value is -0.120. The van der Waals surface area contributed by atoms with Gasteiger partial charge in [-0.25, -0.2) is 0 Å². The van der Waals surface area contributed by atoms with Crippen molar-refractivity contribution < 1.29 is 4.74 Å². The first-order valence-electron chi connectivity index (χ1n) is 3.80. The van der Waals surface area contributed by atoms with E-state index in [9.17, 15) is 0 Å². The van der Waals surface area contributed by atoms with Gasteiger partial charge in [0.1, 0.15) is 5.75 Å². The average molecular weight is 280 g/mol. The molecule has 0 spiro atoms. The van der Waals surface area contributed by atoms with Gasteiger partial charge in [0.15, 0.2) is 0 Å². The van der Waals surface area contributed by atoms with Crippen LogP contribution in [0.5, 0.6) is 5.75 Å². The van der Waals surface area contributed by atoms with E-state index in [0.29, 0.717) is 5.75 Å². The van der Waals surface area contributed by atoms with E-state index in [1.54, 1.807) is 0 Å². The molecule has 0 fully saturated rings. The second-order valence-corrected chi connectivity index (χ2v) is 4.15. The van der Waals surface area contributed by atoms with Gasteiger partial charge in [0.25, 0.3) is 4.51 Å². The maximum absolute atomic E-state index is 5.47. The van der Waals surface area contributed by atoms with Crippen LogP contribution in [0.15, 0.2) is 22.7 Å². The predicted molar refractivity (Wildman–Crippen MR) is 62.6 cm³/mol. The Kier molecular flexibility index (Phi) is 4.16. The van der Waals surface area contributed by atoms with Crippen LogP contribution < -0.4 is 4.74 Å². The van der Waals surface area contributed by atoms with Gasteiger partial charge in [0.05, 0.1) is 4.47 Å². The summed E-state index contributed by atoms with van der Waals surface area (Å²) >= 11 is 13.5. The van der Waals surface area contributed by atoms with E-state index in [0.717, 1.165) is 10.9 Å². The Morgan fingerprint density at radius 2 is 2.31 bits per heavy atom. The van der Waals surface area contributed by atoms with Gasteiger partial charge in [-0.1, -0.05) is 19.1 Å². The fourth-order valence-corrected chi connectivity index (χ4v) is 1.79. The zero-order valence-electron chi connectivity index (χ0n) is 7.01. The SMILES string of the molecule is CCc1cccc(OC(=S)Cl)c1Br. The molecule has 0 atom stereocenters. The van der Waals surface area contributed by atoms with Crippen molar-refractivity contribution >= 4 is 44.3 Å². The largest absolute Gasteiger partial charge is 0.435 e. The molecular formula is C9H8BrClOS. The smallest absolute Gasteiger partial charge is 0.260 e. The third-order valence-corrected chi connectivity index (χ3v) is 2.67. The molecule has 0 aromatic heterocycles. The van der Waals surface area contributed by atoms with Gasteiger partial charge in [0.2, 0.25) is 0 Å². The van der Waals surface area contributed by atoms with Gasteiger partial charge in [-0.15, -0.1) is 0 Å². The fourth-order valence-electron chi connectivity index (χ4n) is 0.995. The maximum Gasteiger partial charge on any atom is 0.260 e. The standard InChI is InChI=1S/C9H8BrClOS/c1-2-6-4-3-5-7(8(6)10)12-9(11)13/h3-5H,2H2,1H3. The van der Waals surface area contributed by atoms with E-state index in [2.05, 4.69) is 35.1 Å². The van der Waals surface area contributed by atoms with E-state index in [-0.39, 0.29) is 4.51 Å². The van der Waals surface area contributed by atoms with Crippen LogP contribution in [0.1, 0.15) is 12.5 Å². The number of benzene rings is 1. The molecule has 0 radical (unpaired) electrons. The summed E-state index contributed by atoms with van der Waals surface area (Å²) in [6.07, 6.45) is 0.937. The Bertz CT molecular complexity index is 327. The van der Waals surface area contributed by atoms with E-state index in [1.165, 1.54) is 5.56 Å². The molecular weight excluding hydrogens is 272 g/mol. The van der Waals surface area contributed by atoms with Crippen molar-refractivity contribution in [2.24, 2.45) is 0 Å². The molecule has 0 saturated heterocycles. The van der Waals surface area contributed by atoms with Crippen molar-refractivity contribution in [1.82, 2.24) is 0 Å². The van der Waals surface area contributed by atoms with Gasteiger partial charge in [0, 0.05) is 0 Å². The van der Waals surface area contributed by atoms with Crippen LogP contribution in [0, 0.1) is 0 Å². The van der Waals surface area contributed by atoms with E-state index < -0.39 is 0 Å². The zero-order valence-corrected chi connectivity index (χ0v) is 10.2. The van der Waals surface area contributed by atoms with Crippen LogP contribution >= 0.6 is 39.7 Å². The van der Waals surface area contributed by atoms with Crippen molar-refractivity contribution in [3.05, 3.63) is 28.2 Å². The highest BCUT2D eigenvalue weighted by Crippen LogP contribution is 2.29. The highest BCUT2D eigenvalue weighted by molar-refractivity contribution is 9.10. The molecule has 0 N–H and O–H groups in total. The molecule has 0 amide bonds. The average Bonchev–Trinajstić information content (AvgIpc) is 2.08. The monoisotopic (exact) mass is 278 g/mol. The summed E-state index contributed by atoms with van der Waals surface area (Å²) in [7, 11) is 0. The Labute approximate surface area is 96.2 Å². The molecule has 0 heterocycles. The van der Waals surface area contributed by atoms with Crippen LogP contribution in [-0.4, -0.2) is 4.51 Å². The number of rotatable bonds is 2. The molecule has 1 aromatic rings. The van der Waals surface area contributed by atoms with Crippen LogP contribution in [0.3, 0.4) is 0 Å². The van der Waals surface area contributed by atoms with Crippen LogP contribution in [0.25, 0.3) is 0 Å². The molecule has 0 unspecified atom stereocenters. The van der Waals surface area contributed by atoms with Crippen molar-refractivity contribution in [2.45, 2.75) is 13.3 Å². The van der Waals surface area contributed by atoms with Crippen molar-refractivity contribution in [3.8, 4) is 5.75 Å². The molecule has 0 aliphatic heterocycles. The lowest BCUT2D eigenvalue weighted by Gasteiger charge is -2.07. The summed E-state index contributed by atoms with van der Waals surface area (Å²) in [5, 5.41) is 0. The first-order chi connectivity index (χ1) is 6.15.